The predicted molar refractivity (Wildman–Crippen MR) is 121 cm³/mol. The number of ether oxygens (including phenoxy) is 1. The van der Waals surface area contributed by atoms with E-state index in [1.807, 2.05) is 13.0 Å². The van der Waals surface area contributed by atoms with Gasteiger partial charge in [0.1, 0.15) is 0 Å². The number of hydrogen-bond donors (Lipinski definition) is 2. The van der Waals surface area contributed by atoms with Crippen LogP contribution in [-0.4, -0.2) is 34.9 Å². The molecule has 0 unspecified atom stereocenters. The van der Waals surface area contributed by atoms with Gasteiger partial charge in [0.15, 0.2) is 12.1 Å². The van der Waals surface area contributed by atoms with Crippen molar-refractivity contribution in [3.8, 4) is 0 Å². The average molecular weight is 456 g/mol. The van der Waals surface area contributed by atoms with Gasteiger partial charge in [-0.1, -0.05) is 42.8 Å². The number of anilines is 1. The van der Waals surface area contributed by atoms with Crippen LogP contribution in [0.2, 0.25) is 5.02 Å². The van der Waals surface area contributed by atoms with Crippen molar-refractivity contribution in [2.75, 3.05) is 5.32 Å². The minimum atomic E-state index is -0.830. The predicted octanol–water partition coefficient (Wildman–Crippen LogP) is 4.42. The Morgan fingerprint density at radius 3 is 2.66 bits per heavy atom. The average Bonchev–Trinajstić information content (AvgIpc) is 3.50. The minimum Gasteiger partial charge on any atom is -0.438 e. The van der Waals surface area contributed by atoms with Crippen LogP contribution >= 0.6 is 11.6 Å². The standard InChI is InChI=1S/C24H26ClN3O4/c1-2-5-20(29)26-19-9-4-7-16(13-19)22-21(23(30)27-18-10-11-18)28(24(31)32-22)14-15-6-3-8-17(25)12-15/h3-4,6-9,12-13,18,21-22H,2,5,10-11,14H2,1H3,(H,26,29)(H,27,30)/t21-,22+/m1/s1. The fourth-order valence-electron chi connectivity index (χ4n) is 3.80. The molecule has 2 N–H and O–H groups in total. The first kappa shape index (κ1) is 22.1. The maximum Gasteiger partial charge on any atom is 0.411 e. The SMILES string of the molecule is CCCC(=O)Nc1cccc([C@@H]2OC(=O)N(Cc3cccc(Cl)c3)[C@H]2C(=O)NC2CC2)c1. The van der Waals surface area contributed by atoms with Gasteiger partial charge in [0, 0.05) is 23.2 Å². The number of nitrogens with one attached hydrogen (secondary N) is 2. The lowest BCUT2D eigenvalue weighted by Gasteiger charge is -2.24. The summed E-state index contributed by atoms with van der Waals surface area (Å²) in [6, 6.07) is 13.6. The molecule has 32 heavy (non-hydrogen) atoms. The number of amides is 3. The molecule has 2 aromatic carbocycles. The third-order valence-electron chi connectivity index (χ3n) is 5.50. The smallest absolute Gasteiger partial charge is 0.411 e. The van der Waals surface area contributed by atoms with Crippen molar-refractivity contribution in [2.24, 2.45) is 0 Å². The summed E-state index contributed by atoms with van der Waals surface area (Å²) >= 11 is 6.10. The molecule has 1 saturated heterocycles. The fourth-order valence-corrected chi connectivity index (χ4v) is 4.01. The Labute approximate surface area is 192 Å². The normalized spacial score (nSPS) is 20.1. The summed E-state index contributed by atoms with van der Waals surface area (Å²) in [4.78, 5) is 39.4. The van der Waals surface area contributed by atoms with Gasteiger partial charge in [-0.05, 0) is 54.7 Å². The molecule has 2 aromatic rings. The van der Waals surface area contributed by atoms with Gasteiger partial charge in [-0.25, -0.2) is 4.79 Å². The quantitative estimate of drug-likeness (QED) is 0.616. The van der Waals surface area contributed by atoms with Crippen LogP contribution < -0.4 is 10.6 Å². The van der Waals surface area contributed by atoms with E-state index in [1.165, 1.54) is 4.90 Å². The van der Waals surface area contributed by atoms with Crippen LogP contribution in [0.4, 0.5) is 10.5 Å². The van der Waals surface area contributed by atoms with Gasteiger partial charge in [-0.2, -0.15) is 0 Å². The second kappa shape index (κ2) is 9.61. The number of cyclic esters (lactones) is 1. The van der Waals surface area contributed by atoms with E-state index in [0.29, 0.717) is 22.7 Å². The molecule has 0 radical (unpaired) electrons. The molecule has 168 valence electrons. The summed E-state index contributed by atoms with van der Waals surface area (Å²) in [5, 5.41) is 6.41. The highest BCUT2D eigenvalue weighted by atomic mass is 35.5. The molecule has 1 heterocycles. The maximum atomic E-state index is 13.2. The van der Waals surface area contributed by atoms with Gasteiger partial charge in [0.25, 0.3) is 0 Å². The van der Waals surface area contributed by atoms with Crippen molar-refractivity contribution < 1.29 is 19.1 Å². The van der Waals surface area contributed by atoms with Crippen molar-refractivity contribution in [3.63, 3.8) is 0 Å². The van der Waals surface area contributed by atoms with E-state index < -0.39 is 18.2 Å². The van der Waals surface area contributed by atoms with Gasteiger partial charge in [-0.3, -0.25) is 14.5 Å². The highest BCUT2D eigenvalue weighted by Crippen LogP contribution is 2.36. The molecule has 0 bridgehead atoms. The van der Waals surface area contributed by atoms with E-state index in [0.717, 1.165) is 24.8 Å². The maximum absolute atomic E-state index is 13.2. The first-order valence-corrected chi connectivity index (χ1v) is 11.2. The Kier molecular flexibility index (Phi) is 6.65. The van der Waals surface area contributed by atoms with Crippen molar-refractivity contribution >= 4 is 35.2 Å². The number of benzene rings is 2. The third kappa shape index (κ3) is 5.22. The Morgan fingerprint density at radius 2 is 1.94 bits per heavy atom. The minimum absolute atomic E-state index is 0.0846. The molecule has 8 heteroatoms. The fraction of sp³-hybridized carbons (Fsp3) is 0.375. The molecule has 0 aromatic heterocycles. The monoisotopic (exact) mass is 455 g/mol. The topological polar surface area (TPSA) is 87.7 Å². The molecular formula is C24H26ClN3O4. The van der Waals surface area contributed by atoms with E-state index in [1.54, 1.807) is 42.5 Å². The van der Waals surface area contributed by atoms with Gasteiger partial charge < -0.3 is 15.4 Å². The largest absolute Gasteiger partial charge is 0.438 e. The zero-order chi connectivity index (χ0) is 22.7. The lowest BCUT2D eigenvalue weighted by atomic mass is 10.00. The molecule has 0 spiro atoms. The summed E-state index contributed by atoms with van der Waals surface area (Å²) in [7, 11) is 0. The zero-order valence-corrected chi connectivity index (χ0v) is 18.6. The highest BCUT2D eigenvalue weighted by Gasteiger charge is 2.48. The van der Waals surface area contributed by atoms with Crippen LogP contribution in [0.5, 0.6) is 0 Å². The number of rotatable bonds is 8. The van der Waals surface area contributed by atoms with Crippen LogP contribution in [0, 0.1) is 0 Å². The lowest BCUT2D eigenvalue weighted by molar-refractivity contribution is -0.126. The first-order valence-electron chi connectivity index (χ1n) is 10.9. The van der Waals surface area contributed by atoms with Gasteiger partial charge in [0.2, 0.25) is 11.8 Å². The molecule has 7 nitrogen and oxygen atoms in total. The number of carbonyl (C=O) groups is 3. The Balaban J connectivity index is 1.61. The Hall–Kier alpha value is -3.06. The van der Waals surface area contributed by atoms with Crippen molar-refractivity contribution in [2.45, 2.75) is 57.3 Å². The Morgan fingerprint density at radius 1 is 1.16 bits per heavy atom. The molecule has 2 atom stereocenters. The van der Waals surface area contributed by atoms with Crippen LogP contribution in [-0.2, 0) is 20.9 Å². The second-order valence-electron chi connectivity index (χ2n) is 8.21. The summed E-state index contributed by atoms with van der Waals surface area (Å²) < 4.78 is 5.69. The number of halogens is 1. The van der Waals surface area contributed by atoms with E-state index in [2.05, 4.69) is 10.6 Å². The molecule has 2 aliphatic rings. The molecule has 1 saturated carbocycles. The number of hydrogen-bond acceptors (Lipinski definition) is 4. The molecule has 1 aliphatic heterocycles. The molecular weight excluding hydrogens is 430 g/mol. The van der Waals surface area contributed by atoms with Gasteiger partial charge >= 0.3 is 6.09 Å². The van der Waals surface area contributed by atoms with E-state index in [4.69, 9.17) is 16.3 Å². The van der Waals surface area contributed by atoms with Crippen LogP contribution in [0.1, 0.15) is 49.8 Å². The van der Waals surface area contributed by atoms with Crippen molar-refractivity contribution in [1.29, 1.82) is 0 Å². The molecule has 4 rings (SSSR count). The summed E-state index contributed by atoms with van der Waals surface area (Å²) in [6.07, 6.45) is 1.68. The van der Waals surface area contributed by atoms with E-state index >= 15 is 0 Å². The second-order valence-corrected chi connectivity index (χ2v) is 8.65. The molecule has 2 fully saturated rings. The highest BCUT2D eigenvalue weighted by molar-refractivity contribution is 6.30. The number of nitrogens with zero attached hydrogens (tertiary/aromatic N) is 1. The lowest BCUT2D eigenvalue weighted by Crippen LogP contribution is -2.46. The van der Waals surface area contributed by atoms with Crippen molar-refractivity contribution in [3.05, 3.63) is 64.7 Å². The summed E-state index contributed by atoms with van der Waals surface area (Å²) in [6.45, 7) is 2.14. The van der Waals surface area contributed by atoms with Gasteiger partial charge in [0.05, 0.1) is 6.54 Å². The Bertz CT molecular complexity index is 1020. The molecule has 1 aliphatic carbocycles. The summed E-state index contributed by atoms with van der Waals surface area (Å²) in [5.41, 5.74) is 2.06. The van der Waals surface area contributed by atoms with Crippen LogP contribution in [0.3, 0.4) is 0 Å². The van der Waals surface area contributed by atoms with Crippen LogP contribution in [0.25, 0.3) is 0 Å². The van der Waals surface area contributed by atoms with Crippen LogP contribution in [0.15, 0.2) is 48.5 Å². The number of carbonyl (C=O) groups excluding carboxylic acids is 3. The van der Waals surface area contributed by atoms with E-state index in [-0.39, 0.29) is 24.4 Å². The third-order valence-corrected chi connectivity index (χ3v) is 5.73. The van der Waals surface area contributed by atoms with Crippen molar-refractivity contribution in [1.82, 2.24) is 10.2 Å². The van der Waals surface area contributed by atoms with E-state index in [9.17, 15) is 14.4 Å². The summed E-state index contributed by atoms with van der Waals surface area (Å²) in [5.74, 6) is -0.329. The van der Waals surface area contributed by atoms with Gasteiger partial charge in [-0.15, -0.1) is 0 Å². The zero-order valence-electron chi connectivity index (χ0n) is 17.8. The first-order chi connectivity index (χ1) is 15.4. The molecule has 3 amide bonds.